The molecule has 31 heavy (non-hydrogen) atoms. The van der Waals surface area contributed by atoms with E-state index in [0.29, 0.717) is 42.5 Å². The molecule has 1 aliphatic rings. The molecule has 0 saturated carbocycles. The van der Waals surface area contributed by atoms with Gasteiger partial charge in [0.25, 0.3) is 0 Å². The van der Waals surface area contributed by atoms with Crippen molar-refractivity contribution in [2.75, 3.05) is 38.5 Å². The highest BCUT2D eigenvalue weighted by Crippen LogP contribution is 2.32. The Morgan fingerprint density at radius 3 is 1.71 bits per heavy atom. The molecule has 1 aliphatic heterocycles. The molecule has 0 spiro atoms. The predicted octanol–water partition coefficient (Wildman–Crippen LogP) is 3.01. The van der Waals surface area contributed by atoms with Crippen LogP contribution in [-0.4, -0.2) is 64.5 Å². The lowest BCUT2D eigenvalue weighted by molar-refractivity contribution is 0.197. The average Bonchev–Trinajstić information content (AvgIpc) is 2.76. The van der Waals surface area contributed by atoms with Crippen molar-refractivity contribution in [3.05, 3.63) is 58.1 Å². The summed E-state index contributed by atoms with van der Waals surface area (Å²) in [5.74, 6) is 0.0261. The third-order valence-corrected chi connectivity index (χ3v) is 10.5. The molecule has 170 valence electrons. The minimum atomic E-state index is -3.61. The zero-order valence-corrected chi connectivity index (χ0v) is 20.6. The van der Waals surface area contributed by atoms with Gasteiger partial charge < -0.3 is 0 Å². The zero-order valence-electron chi connectivity index (χ0n) is 19.0. The Labute approximate surface area is 186 Å². The van der Waals surface area contributed by atoms with E-state index in [2.05, 4.69) is 0 Å². The monoisotopic (exact) mass is 464 g/mol. The highest BCUT2D eigenvalue weighted by atomic mass is 32.2. The zero-order chi connectivity index (χ0) is 23.0. The summed E-state index contributed by atoms with van der Waals surface area (Å²) >= 11 is 0. The number of sulfone groups is 1. The van der Waals surface area contributed by atoms with Crippen molar-refractivity contribution >= 4 is 19.9 Å². The first kappa shape index (κ1) is 23.9. The van der Waals surface area contributed by atoms with Gasteiger partial charge in [-0.1, -0.05) is 18.2 Å². The molecular formula is C23H32N2O4S2. The second-order valence-corrected chi connectivity index (χ2v) is 12.3. The fourth-order valence-electron chi connectivity index (χ4n) is 4.17. The van der Waals surface area contributed by atoms with Crippen molar-refractivity contribution in [2.24, 2.45) is 0 Å². The van der Waals surface area contributed by atoms with E-state index < -0.39 is 19.9 Å². The molecular weight excluding hydrogens is 432 g/mol. The Morgan fingerprint density at radius 1 is 0.710 bits per heavy atom. The lowest BCUT2D eigenvalue weighted by atomic mass is 9.95. The van der Waals surface area contributed by atoms with Crippen molar-refractivity contribution in [3.8, 4) is 0 Å². The van der Waals surface area contributed by atoms with Crippen LogP contribution in [0.1, 0.15) is 27.8 Å². The number of rotatable bonds is 6. The molecule has 0 radical (unpaired) electrons. The highest BCUT2D eigenvalue weighted by Gasteiger charge is 2.32. The van der Waals surface area contributed by atoms with Crippen molar-refractivity contribution in [1.29, 1.82) is 0 Å². The van der Waals surface area contributed by atoms with Crippen LogP contribution in [0.4, 0.5) is 0 Å². The SMILES string of the molecule is Cc1c(C)c(C)c(S(=O)(=O)N2CCN(CCS(=O)(=O)c3ccccc3)CC2)c(C)c1C. The maximum atomic E-state index is 13.5. The average molecular weight is 465 g/mol. The van der Waals surface area contributed by atoms with Gasteiger partial charge in [0.1, 0.15) is 0 Å². The maximum Gasteiger partial charge on any atom is 0.243 e. The molecule has 0 aromatic heterocycles. The van der Waals surface area contributed by atoms with Crippen molar-refractivity contribution < 1.29 is 16.8 Å². The van der Waals surface area contributed by atoms with E-state index in [4.69, 9.17) is 0 Å². The minimum Gasteiger partial charge on any atom is -0.300 e. The summed E-state index contributed by atoms with van der Waals surface area (Å²) in [6.45, 7) is 11.9. The molecule has 3 rings (SSSR count). The van der Waals surface area contributed by atoms with Gasteiger partial charge in [0, 0.05) is 32.7 Å². The van der Waals surface area contributed by atoms with Gasteiger partial charge in [0.2, 0.25) is 10.0 Å². The summed E-state index contributed by atoms with van der Waals surface area (Å²) < 4.78 is 53.5. The summed E-state index contributed by atoms with van der Waals surface area (Å²) in [7, 11) is -6.95. The predicted molar refractivity (Wildman–Crippen MR) is 124 cm³/mol. The smallest absolute Gasteiger partial charge is 0.243 e. The first-order valence-corrected chi connectivity index (χ1v) is 13.6. The first-order chi connectivity index (χ1) is 14.5. The number of benzene rings is 2. The molecule has 1 fully saturated rings. The van der Waals surface area contributed by atoms with E-state index in [-0.39, 0.29) is 5.75 Å². The number of hydrogen-bond donors (Lipinski definition) is 0. The van der Waals surface area contributed by atoms with Crippen LogP contribution in [0.25, 0.3) is 0 Å². The van der Waals surface area contributed by atoms with Crippen LogP contribution in [0, 0.1) is 34.6 Å². The number of hydrogen-bond acceptors (Lipinski definition) is 5. The molecule has 0 bridgehead atoms. The normalized spacial score (nSPS) is 16.5. The van der Waals surface area contributed by atoms with Crippen LogP contribution in [0.3, 0.4) is 0 Å². The second kappa shape index (κ2) is 9.02. The lowest BCUT2D eigenvalue weighted by Gasteiger charge is -2.34. The van der Waals surface area contributed by atoms with E-state index in [0.717, 1.165) is 27.8 Å². The van der Waals surface area contributed by atoms with Gasteiger partial charge in [-0.3, -0.25) is 4.90 Å². The summed E-state index contributed by atoms with van der Waals surface area (Å²) in [5, 5.41) is 0. The van der Waals surface area contributed by atoms with Gasteiger partial charge in [-0.15, -0.1) is 0 Å². The quantitative estimate of drug-likeness (QED) is 0.657. The summed E-state index contributed by atoms with van der Waals surface area (Å²) in [4.78, 5) is 2.78. The molecule has 8 heteroatoms. The maximum absolute atomic E-state index is 13.5. The Hall–Kier alpha value is -1.74. The van der Waals surface area contributed by atoms with E-state index in [9.17, 15) is 16.8 Å². The third kappa shape index (κ3) is 4.72. The van der Waals surface area contributed by atoms with Crippen molar-refractivity contribution in [1.82, 2.24) is 9.21 Å². The Balaban J connectivity index is 1.70. The van der Waals surface area contributed by atoms with Crippen LogP contribution < -0.4 is 0 Å². The standard InChI is InChI=1S/C23H32N2O4S2/c1-17-18(2)20(4)23(21(5)19(17)3)31(28,29)25-13-11-24(12-14-25)15-16-30(26,27)22-9-7-6-8-10-22/h6-10H,11-16H2,1-5H3. The van der Waals surface area contributed by atoms with Gasteiger partial charge >= 0.3 is 0 Å². The van der Waals surface area contributed by atoms with Crippen LogP contribution in [0.2, 0.25) is 0 Å². The van der Waals surface area contributed by atoms with Gasteiger partial charge in [0.05, 0.1) is 15.5 Å². The molecule has 1 saturated heterocycles. The van der Waals surface area contributed by atoms with Crippen LogP contribution in [0.5, 0.6) is 0 Å². The van der Waals surface area contributed by atoms with Gasteiger partial charge in [0.15, 0.2) is 9.84 Å². The number of nitrogens with zero attached hydrogens (tertiary/aromatic N) is 2. The van der Waals surface area contributed by atoms with Gasteiger partial charge in [-0.05, 0) is 74.6 Å². The first-order valence-electron chi connectivity index (χ1n) is 10.5. The van der Waals surface area contributed by atoms with E-state index in [1.165, 1.54) is 0 Å². The number of piperazine rings is 1. The van der Waals surface area contributed by atoms with Gasteiger partial charge in [-0.2, -0.15) is 4.31 Å². The summed E-state index contributed by atoms with van der Waals surface area (Å²) in [5.41, 5.74) is 4.81. The molecule has 2 aromatic rings. The lowest BCUT2D eigenvalue weighted by Crippen LogP contribution is -2.49. The molecule has 0 atom stereocenters. The Morgan fingerprint density at radius 2 is 1.19 bits per heavy atom. The van der Waals surface area contributed by atoms with Crippen molar-refractivity contribution in [2.45, 2.75) is 44.4 Å². The van der Waals surface area contributed by atoms with Crippen LogP contribution in [0.15, 0.2) is 40.1 Å². The van der Waals surface area contributed by atoms with Crippen LogP contribution in [-0.2, 0) is 19.9 Å². The van der Waals surface area contributed by atoms with Gasteiger partial charge in [-0.25, -0.2) is 16.8 Å². The second-order valence-electron chi connectivity index (χ2n) is 8.33. The molecule has 6 nitrogen and oxygen atoms in total. The molecule has 0 N–H and O–H groups in total. The summed E-state index contributed by atoms with van der Waals surface area (Å²) in [6.07, 6.45) is 0. The Bertz CT molecular complexity index is 1140. The highest BCUT2D eigenvalue weighted by molar-refractivity contribution is 7.91. The fraction of sp³-hybridized carbons (Fsp3) is 0.478. The largest absolute Gasteiger partial charge is 0.300 e. The molecule has 0 aliphatic carbocycles. The third-order valence-electron chi connectivity index (χ3n) is 6.64. The van der Waals surface area contributed by atoms with Crippen LogP contribution >= 0.6 is 0 Å². The van der Waals surface area contributed by atoms with E-state index in [1.807, 2.05) is 39.5 Å². The topological polar surface area (TPSA) is 74.8 Å². The van der Waals surface area contributed by atoms with Crippen molar-refractivity contribution in [3.63, 3.8) is 0 Å². The summed E-state index contributed by atoms with van der Waals surface area (Å²) in [6, 6.07) is 8.44. The van der Waals surface area contributed by atoms with E-state index >= 15 is 0 Å². The molecule has 2 aromatic carbocycles. The Kier molecular flexibility index (Phi) is 6.96. The fourth-order valence-corrected chi connectivity index (χ4v) is 7.46. The van der Waals surface area contributed by atoms with E-state index in [1.54, 1.807) is 34.6 Å². The molecule has 0 amide bonds. The molecule has 0 unspecified atom stereocenters. The number of sulfonamides is 1. The molecule has 1 heterocycles. The minimum absolute atomic E-state index is 0.0261.